The summed E-state index contributed by atoms with van der Waals surface area (Å²) in [6.45, 7) is 21.2. The summed E-state index contributed by atoms with van der Waals surface area (Å²) in [4.78, 5) is 0. The summed E-state index contributed by atoms with van der Waals surface area (Å²) >= 11 is 0. The van der Waals surface area contributed by atoms with E-state index in [1.165, 1.54) is 72.0 Å². The molecule has 1 aromatic heterocycles. The van der Waals surface area contributed by atoms with Crippen molar-refractivity contribution >= 4 is 12.2 Å². The van der Waals surface area contributed by atoms with Crippen LogP contribution in [0.5, 0.6) is 0 Å². The molecule has 1 heterocycles. The Morgan fingerprint density at radius 3 is 1.84 bits per heavy atom. The van der Waals surface area contributed by atoms with Crippen molar-refractivity contribution in [1.82, 2.24) is 0 Å². The maximum atomic E-state index is 9.64. The van der Waals surface area contributed by atoms with Gasteiger partial charge in [0.1, 0.15) is 6.61 Å². The van der Waals surface area contributed by atoms with Gasteiger partial charge < -0.3 is 5.11 Å². The van der Waals surface area contributed by atoms with Crippen molar-refractivity contribution in [1.29, 1.82) is 0 Å². The van der Waals surface area contributed by atoms with Gasteiger partial charge in [-0.05, 0) is 106 Å². The molecular formula is C42H58NO+. The van der Waals surface area contributed by atoms with Crippen molar-refractivity contribution in [3.8, 4) is 0 Å². The molecule has 236 valence electrons. The van der Waals surface area contributed by atoms with Crippen LogP contribution < -0.4 is 4.57 Å². The topological polar surface area (TPSA) is 24.1 Å². The smallest absolute Gasteiger partial charge is 0.206 e. The van der Waals surface area contributed by atoms with Gasteiger partial charge in [0.2, 0.25) is 5.69 Å². The van der Waals surface area contributed by atoms with E-state index in [-0.39, 0.29) is 17.4 Å². The summed E-state index contributed by atoms with van der Waals surface area (Å²) in [5.41, 5.74) is 12.4. The van der Waals surface area contributed by atoms with Gasteiger partial charge in [-0.3, -0.25) is 0 Å². The van der Waals surface area contributed by atoms with E-state index in [0.717, 1.165) is 16.8 Å². The van der Waals surface area contributed by atoms with Gasteiger partial charge in [-0.1, -0.05) is 111 Å². The monoisotopic (exact) mass is 592 g/mol. The first-order chi connectivity index (χ1) is 20.8. The van der Waals surface area contributed by atoms with Crippen LogP contribution in [0.1, 0.15) is 112 Å². The number of pyridine rings is 1. The Labute approximate surface area is 269 Å². The highest BCUT2D eigenvalue weighted by Gasteiger charge is 2.27. The van der Waals surface area contributed by atoms with Crippen molar-refractivity contribution in [3.63, 3.8) is 0 Å². The lowest BCUT2D eigenvalue weighted by Crippen LogP contribution is -2.38. The van der Waals surface area contributed by atoms with E-state index < -0.39 is 0 Å². The van der Waals surface area contributed by atoms with Gasteiger partial charge in [0, 0.05) is 18.2 Å². The fourth-order valence-corrected chi connectivity index (χ4v) is 6.61. The Hall–Kier alpha value is -3.23. The highest BCUT2D eigenvalue weighted by Crippen LogP contribution is 2.41. The minimum atomic E-state index is 0.109. The van der Waals surface area contributed by atoms with Crippen LogP contribution in [-0.4, -0.2) is 11.7 Å². The molecule has 0 aliphatic heterocycles. The summed E-state index contributed by atoms with van der Waals surface area (Å²) in [6.07, 6.45) is 33.9. The molecule has 0 saturated carbocycles. The maximum absolute atomic E-state index is 9.64. The minimum Gasteiger partial charge on any atom is -0.390 e. The molecule has 0 aromatic carbocycles. The zero-order valence-corrected chi connectivity index (χ0v) is 29.1. The molecular weight excluding hydrogens is 534 g/mol. The molecule has 0 radical (unpaired) electrons. The number of aliphatic hydroxyl groups is 1. The van der Waals surface area contributed by atoms with Crippen LogP contribution in [0, 0.1) is 10.8 Å². The predicted octanol–water partition coefficient (Wildman–Crippen LogP) is 11.0. The molecule has 2 aliphatic rings. The Morgan fingerprint density at radius 1 is 0.773 bits per heavy atom. The molecule has 0 bridgehead atoms. The van der Waals surface area contributed by atoms with Crippen molar-refractivity contribution in [3.05, 3.63) is 123 Å². The molecule has 2 heteroatoms. The summed E-state index contributed by atoms with van der Waals surface area (Å²) < 4.78 is 2.10. The zero-order valence-electron chi connectivity index (χ0n) is 29.1. The second-order valence-electron chi connectivity index (χ2n) is 14.3. The van der Waals surface area contributed by atoms with Crippen LogP contribution in [0.4, 0.5) is 0 Å². The van der Waals surface area contributed by atoms with E-state index in [9.17, 15) is 5.11 Å². The van der Waals surface area contributed by atoms with Gasteiger partial charge in [0.05, 0.1) is 0 Å². The molecule has 2 nitrogen and oxygen atoms in total. The summed E-state index contributed by atoms with van der Waals surface area (Å²) in [7, 11) is 0. The molecule has 3 rings (SSSR count). The van der Waals surface area contributed by atoms with Crippen LogP contribution in [0.2, 0.25) is 0 Å². The summed E-state index contributed by atoms with van der Waals surface area (Å²) in [5.74, 6) is 0. The predicted molar refractivity (Wildman–Crippen MR) is 192 cm³/mol. The largest absolute Gasteiger partial charge is 0.390 e. The number of rotatable bonds is 11. The fourth-order valence-electron chi connectivity index (χ4n) is 6.61. The number of hydrogen-bond donors (Lipinski definition) is 1. The minimum absolute atomic E-state index is 0.109. The van der Waals surface area contributed by atoms with Gasteiger partial charge in [-0.15, -0.1) is 0 Å². The van der Waals surface area contributed by atoms with Gasteiger partial charge >= 0.3 is 0 Å². The average molecular weight is 593 g/mol. The molecule has 1 aromatic rings. The van der Waals surface area contributed by atoms with Crippen molar-refractivity contribution in [2.24, 2.45) is 10.8 Å². The van der Waals surface area contributed by atoms with Crippen LogP contribution in [0.15, 0.2) is 112 Å². The molecule has 0 fully saturated rings. The van der Waals surface area contributed by atoms with E-state index in [2.05, 4.69) is 152 Å². The van der Waals surface area contributed by atoms with Crippen molar-refractivity contribution in [2.75, 3.05) is 6.61 Å². The fraction of sp³-hybridized carbons (Fsp3) is 0.452. The Balaban J connectivity index is 1.72. The van der Waals surface area contributed by atoms with E-state index in [4.69, 9.17) is 0 Å². The van der Waals surface area contributed by atoms with Gasteiger partial charge in [0.25, 0.3) is 0 Å². The lowest BCUT2D eigenvalue weighted by atomic mass is 9.72. The molecule has 0 atom stereocenters. The SMILES string of the molecule is CC1=C(/C=C/C(C)=C\C=C\C(C)=C\c2cc(/C=C/C=C(C)/C=C/C3=C(C)CCCC3(C)C)cc[n+]2CCO)C(C)(C)CCC1. The van der Waals surface area contributed by atoms with E-state index in [1.807, 2.05) is 0 Å². The molecule has 0 amide bonds. The number of aromatic nitrogens is 1. The summed E-state index contributed by atoms with van der Waals surface area (Å²) in [6, 6.07) is 4.29. The van der Waals surface area contributed by atoms with E-state index in [0.29, 0.717) is 6.54 Å². The third-order valence-corrected chi connectivity index (χ3v) is 9.29. The maximum Gasteiger partial charge on any atom is 0.206 e. The lowest BCUT2D eigenvalue weighted by Gasteiger charge is -2.33. The molecule has 0 saturated heterocycles. The number of hydrogen-bond acceptors (Lipinski definition) is 1. The van der Waals surface area contributed by atoms with Crippen molar-refractivity contribution < 1.29 is 9.67 Å². The highest BCUT2D eigenvalue weighted by molar-refractivity contribution is 5.57. The normalized spacial score (nSPS) is 20.4. The third-order valence-electron chi connectivity index (χ3n) is 9.29. The van der Waals surface area contributed by atoms with E-state index in [1.54, 1.807) is 0 Å². The first kappa shape index (κ1) is 35.3. The lowest BCUT2D eigenvalue weighted by molar-refractivity contribution is -0.699. The van der Waals surface area contributed by atoms with Crippen LogP contribution in [0.3, 0.4) is 0 Å². The van der Waals surface area contributed by atoms with Crippen LogP contribution in [0.25, 0.3) is 12.2 Å². The van der Waals surface area contributed by atoms with Crippen molar-refractivity contribution in [2.45, 2.75) is 107 Å². The number of nitrogens with zero attached hydrogens (tertiary/aromatic N) is 1. The first-order valence-electron chi connectivity index (χ1n) is 16.6. The Kier molecular flexibility index (Phi) is 13.0. The molecule has 44 heavy (non-hydrogen) atoms. The molecule has 2 aliphatic carbocycles. The van der Waals surface area contributed by atoms with Gasteiger partial charge in [-0.2, -0.15) is 4.57 Å². The standard InChI is InChI=1S/C42H58NO/c1-32(20-22-39-35(4)17-12-25-41(39,6)7)14-10-16-34(3)30-38-31-37(24-27-43(38)28-29-44)19-11-15-33(2)21-23-40-36(5)18-13-26-42(40,8)9/h10-11,14-16,19-24,27,30-31,44H,12-13,17-18,25-26,28-29H2,1-9H3/q+1/b16-10+,19-11+,22-20+,23-21+,32-14-,33-15+,34-30+. The Bertz CT molecular complexity index is 1440. The zero-order chi connectivity index (χ0) is 32.3. The second-order valence-corrected chi connectivity index (χ2v) is 14.3. The third kappa shape index (κ3) is 10.4. The Morgan fingerprint density at radius 2 is 1.32 bits per heavy atom. The van der Waals surface area contributed by atoms with Crippen LogP contribution >= 0.6 is 0 Å². The molecule has 0 unspecified atom stereocenters. The number of aliphatic hydroxyl groups excluding tert-OH is 1. The highest BCUT2D eigenvalue weighted by atomic mass is 16.3. The van der Waals surface area contributed by atoms with Gasteiger partial charge in [0.15, 0.2) is 12.7 Å². The first-order valence-corrected chi connectivity index (χ1v) is 16.6. The quantitative estimate of drug-likeness (QED) is 0.201. The van der Waals surface area contributed by atoms with E-state index >= 15 is 0 Å². The van der Waals surface area contributed by atoms with Gasteiger partial charge in [-0.25, -0.2) is 0 Å². The number of allylic oxidation sites excluding steroid dienone is 16. The summed E-state index contributed by atoms with van der Waals surface area (Å²) in [5, 5.41) is 9.64. The molecule has 1 N–H and O–H groups in total. The average Bonchev–Trinajstić information content (AvgIpc) is 2.93. The molecule has 0 spiro atoms. The van der Waals surface area contributed by atoms with Crippen LogP contribution in [-0.2, 0) is 6.54 Å². The second kappa shape index (κ2) is 16.2.